The summed E-state index contributed by atoms with van der Waals surface area (Å²) in [6, 6.07) is 0. The second-order valence-electron chi connectivity index (χ2n) is 13.7. The molecule has 0 aromatic carbocycles. The van der Waals surface area contributed by atoms with Gasteiger partial charge in [-0.3, -0.25) is 9.59 Å². The van der Waals surface area contributed by atoms with Crippen molar-refractivity contribution in [3.8, 4) is 0 Å². The molecule has 0 aliphatic carbocycles. The summed E-state index contributed by atoms with van der Waals surface area (Å²) in [5, 5.41) is 0. The largest absolute Gasteiger partial charge is 0.463 e. The van der Waals surface area contributed by atoms with Crippen molar-refractivity contribution in [2.24, 2.45) is 0 Å². The van der Waals surface area contributed by atoms with Crippen LogP contribution in [0.3, 0.4) is 0 Å². The number of rotatable bonds is 34. The Bertz CT molecular complexity index is 708. The van der Waals surface area contributed by atoms with Crippen molar-refractivity contribution in [3.63, 3.8) is 0 Å². The Morgan fingerprint density at radius 1 is 0.383 bits per heavy atom. The van der Waals surface area contributed by atoms with Gasteiger partial charge in [0.1, 0.15) is 13.2 Å². The van der Waals surface area contributed by atoms with Gasteiger partial charge in [0.25, 0.3) is 0 Å². The van der Waals surface area contributed by atoms with Crippen LogP contribution in [-0.4, -0.2) is 91.5 Å². The molecule has 47 heavy (non-hydrogen) atoms. The lowest BCUT2D eigenvalue weighted by atomic mass is 10.1. The first kappa shape index (κ1) is 46.4. The van der Waals surface area contributed by atoms with E-state index in [1.54, 1.807) is 14.2 Å². The van der Waals surface area contributed by atoms with Gasteiger partial charge in [0.15, 0.2) is 0 Å². The van der Waals surface area contributed by atoms with E-state index >= 15 is 0 Å². The molecule has 13 heteroatoms. The van der Waals surface area contributed by atoms with E-state index in [0.29, 0.717) is 39.3 Å². The summed E-state index contributed by atoms with van der Waals surface area (Å²) >= 11 is 0. The molecule has 0 aromatic rings. The van der Waals surface area contributed by atoms with E-state index in [1.165, 1.54) is 38.5 Å². The molecule has 0 radical (unpaired) electrons. The maximum atomic E-state index is 11.6. The number of unbranched alkanes of at least 4 members (excludes halogenated alkanes) is 14. The minimum atomic E-state index is -2.40. The highest BCUT2D eigenvalue weighted by Crippen LogP contribution is 2.23. The first-order chi connectivity index (χ1) is 22.3. The van der Waals surface area contributed by atoms with Crippen molar-refractivity contribution < 1.29 is 45.6 Å². The summed E-state index contributed by atoms with van der Waals surface area (Å²) in [5.41, 5.74) is 0. The second kappa shape index (κ2) is 29.1. The topological polar surface area (TPSA) is 108 Å². The van der Waals surface area contributed by atoms with Gasteiger partial charge in [-0.2, -0.15) is 0 Å². The van der Waals surface area contributed by atoms with Crippen LogP contribution in [0.1, 0.15) is 116 Å². The molecule has 0 spiro atoms. The molecular formula is C34H72O10Si3. The van der Waals surface area contributed by atoms with Gasteiger partial charge >= 0.3 is 37.6 Å². The molecule has 0 aromatic heterocycles. The fourth-order valence-electron chi connectivity index (χ4n) is 5.39. The summed E-state index contributed by atoms with van der Waals surface area (Å²) in [5.74, 6) is -0.243. The number of hydrogen-bond donors (Lipinski definition) is 0. The van der Waals surface area contributed by atoms with Gasteiger partial charge in [0.2, 0.25) is 0 Å². The van der Waals surface area contributed by atoms with Gasteiger partial charge < -0.3 is 36.0 Å². The predicted octanol–water partition coefficient (Wildman–Crippen LogP) is 8.56. The van der Waals surface area contributed by atoms with Crippen LogP contribution in [0.2, 0.25) is 39.3 Å². The maximum Gasteiger partial charge on any atom is 0.322 e. The Morgan fingerprint density at radius 3 is 1.00 bits per heavy atom. The van der Waals surface area contributed by atoms with Gasteiger partial charge in [-0.1, -0.05) is 77.0 Å². The quantitative estimate of drug-likeness (QED) is 0.0364. The minimum absolute atomic E-state index is 0.122. The number of esters is 2. The number of carbonyl (C=O) groups is 2. The van der Waals surface area contributed by atoms with Gasteiger partial charge in [0, 0.05) is 40.3 Å². The fourth-order valence-corrected chi connectivity index (χ4v) is 17.1. The fraction of sp³-hybridized carbons (Fsp3) is 0.941. The Labute approximate surface area is 291 Å². The summed E-state index contributed by atoms with van der Waals surface area (Å²) < 4.78 is 45.5. The summed E-state index contributed by atoms with van der Waals surface area (Å²) in [4.78, 5) is 23.2. The third-order valence-corrected chi connectivity index (χ3v) is 17.2. The maximum absolute atomic E-state index is 11.6. The van der Waals surface area contributed by atoms with Gasteiger partial charge in [0.05, 0.1) is 13.2 Å². The molecule has 0 amide bonds. The lowest BCUT2D eigenvalue weighted by Crippen LogP contribution is -2.54. The average Bonchev–Trinajstić information content (AvgIpc) is 2.97. The van der Waals surface area contributed by atoms with E-state index in [4.69, 9.17) is 36.0 Å². The molecule has 10 nitrogen and oxygen atoms in total. The molecule has 0 saturated heterocycles. The van der Waals surface area contributed by atoms with Crippen LogP contribution >= 0.6 is 0 Å². The number of methoxy groups -OCH3 is 2. The summed E-state index contributed by atoms with van der Waals surface area (Å²) in [6.07, 6.45) is 19.0. The molecule has 0 unspecified atom stereocenters. The van der Waals surface area contributed by atoms with E-state index in [2.05, 4.69) is 39.3 Å². The van der Waals surface area contributed by atoms with Crippen LogP contribution in [0.15, 0.2) is 0 Å². The zero-order chi connectivity index (χ0) is 35.3. The van der Waals surface area contributed by atoms with Crippen LogP contribution < -0.4 is 0 Å². The third kappa shape index (κ3) is 32.3. The van der Waals surface area contributed by atoms with Gasteiger partial charge in [-0.05, 0) is 65.0 Å². The van der Waals surface area contributed by atoms with Crippen LogP contribution in [0, 0.1) is 0 Å². The SMILES string of the molecule is COCCOC(=O)CCCCCCCCCCO[Si](C)(C)O[Si](C)(C)O[Si](C)(C)OCCCCCCCCCCC(=O)OCCOC. The normalized spacial score (nSPS) is 12.4. The number of ether oxygens (including phenoxy) is 4. The molecule has 0 aliphatic rings. The predicted molar refractivity (Wildman–Crippen MR) is 195 cm³/mol. The van der Waals surface area contributed by atoms with Crippen molar-refractivity contribution in [1.29, 1.82) is 0 Å². The highest BCUT2D eigenvalue weighted by atomic mass is 28.5. The molecule has 280 valence electrons. The molecule has 0 N–H and O–H groups in total. The second-order valence-corrected chi connectivity index (χ2v) is 24.3. The minimum Gasteiger partial charge on any atom is -0.463 e. The van der Waals surface area contributed by atoms with E-state index < -0.39 is 25.7 Å². The lowest BCUT2D eigenvalue weighted by molar-refractivity contribution is -0.145. The van der Waals surface area contributed by atoms with E-state index in [9.17, 15) is 9.59 Å². The van der Waals surface area contributed by atoms with Crippen LogP contribution in [-0.2, 0) is 45.6 Å². The zero-order valence-corrected chi connectivity index (χ0v) is 34.6. The highest BCUT2D eigenvalue weighted by Gasteiger charge is 2.41. The van der Waals surface area contributed by atoms with Crippen molar-refractivity contribution >= 4 is 37.6 Å². The Morgan fingerprint density at radius 2 is 0.681 bits per heavy atom. The van der Waals surface area contributed by atoms with Crippen molar-refractivity contribution in [2.45, 2.75) is 155 Å². The van der Waals surface area contributed by atoms with E-state index in [0.717, 1.165) is 77.4 Å². The Balaban J connectivity index is 3.85. The Hall–Kier alpha value is -0.649. The van der Waals surface area contributed by atoms with Gasteiger partial charge in [-0.15, -0.1) is 0 Å². The van der Waals surface area contributed by atoms with Gasteiger partial charge in [-0.25, -0.2) is 0 Å². The molecule has 0 atom stereocenters. The lowest BCUT2D eigenvalue weighted by Gasteiger charge is -2.37. The Kier molecular flexibility index (Phi) is 28.7. The first-order valence-corrected chi connectivity index (χ1v) is 26.7. The zero-order valence-electron chi connectivity index (χ0n) is 31.6. The van der Waals surface area contributed by atoms with Crippen LogP contribution in [0.4, 0.5) is 0 Å². The van der Waals surface area contributed by atoms with Crippen molar-refractivity contribution in [3.05, 3.63) is 0 Å². The molecule has 0 heterocycles. The number of carbonyl (C=O) groups excluding carboxylic acids is 2. The van der Waals surface area contributed by atoms with Crippen LogP contribution in [0.25, 0.3) is 0 Å². The molecule has 0 fully saturated rings. The van der Waals surface area contributed by atoms with Crippen molar-refractivity contribution in [2.75, 3.05) is 53.9 Å². The smallest absolute Gasteiger partial charge is 0.322 e. The highest BCUT2D eigenvalue weighted by molar-refractivity contribution is 6.84. The number of hydrogen-bond acceptors (Lipinski definition) is 10. The monoisotopic (exact) mass is 724 g/mol. The van der Waals surface area contributed by atoms with E-state index in [1.807, 2.05) is 0 Å². The molecule has 0 bridgehead atoms. The standard InChI is InChI=1S/C34H72O10Si3/c1-37-29-31-39-33(35)25-21-17-13-9-11-15-19-23-27-41-45(3,4)43-47(7,8)44-46(5,6)42-28-24-20-16-12-10-14-18-22-26-34(36)40-32-30-38-2/h9-32H2,1-8H3. The van der Waals surface area contributed by atoms with Crippen molar-refractivity contribution in [1.82, 2.24) is 0 Å². The summed E-state index contributed by atoms with van der Waals surface area (Å²) in [6.45, 7) is 15.8. The molecular weight excluding hydrogens is 653 g/mol. The average molecular weight is 725 g/mol. The van der Waals surface area contributed by atoms with E-state index in [-0.39, 0.29) is 11.9 Å². The molecule has 0 saturated carbocycles. The first-order valence-electron chi connectivity index (χ1n) is 18.3. The summed E-state index contributed by atoms with van der Waals surface area (Å²) in [7, 11) is -3.79. The third-order valence-electron chi connectivity index (χ3n) is 7.53. The molecule has 0 rings (SSSR count). The van der Waals surface area contributed by atoms with Crippen LogP contribution in [0.5, 0.6) is 0 Å². The molecule has 0 aliphatic heterocycles.